The first kappa shape index (κ1) is 21.3. The standard InChI is InChI=1S/C22H27NO5/c1-3-19(21(24)26-2)16-27-20-11-9-17(10-12-20)13-14-23-22(25)28-15-18-7-5-4-6-8-18/h4-12,19H,3,13-16H2,1-2H3,(H,23,25). The maximum Gasteiger partial charge on any atom is 0.407 e. The number of benzene rings is 2. The topological polar surface area (TPSA) is 73.9 Å². The lowest BCUT2D eigenvalue weighted by atomic mass is 10.1. The van der Waals surface area contributed by atoms with Gasteiger partial charge < -0.3 is 19.5 Å². The summed E-state index contributed by atoms with van der Waals surface area (Å²) in [5.41, 5.74) is 2.02. The lowest BCUT2D eigenvalue weighted by Crippen LogP contribution is -2.26. The van der Waals surface area contributed by atoms with E-state index in [-0.39, 0.29) is 25.1 Å². The van der Waals surface area contributed by atoms with E-state index in [0.29, 0.717) is 25.1 Å². The monoisotopic (exact) mass is 385 g/mol. The van der Waals surface area contributed by atoms with Crippen LogP contribution in [-0.4, -0.2) is 32.3 Å². The molecule has 0 saturated carbocycles. The van der Waals surface area contributed by atoms with Crippen LogP contribution in [0.15, 0.2) is 54.6 Å². The number of ether oxygens (including phenoxy) is 3. The van der Waals surface area contributed by atoms with Crippen molar-refractivity contribution in [3.05, 3.63) is 65.7 Å². The second-order valence-corrected chi connectivity index (χ2v) is 6.32. The highest BCUT2D eigenvalue weighted by Crippen LogP contribution is 2.15. The fraction of sp³-hybridized carbons (Fsp3) is 0.364. The molecule has 0 aliphatic heterocycles. The van der Waals surface area contributed by atoms with Crippen LogP contribution in [0.2, 0.25) is 0 Å². The number of methoxy groups -OCH3 is 1. The fourth-order valence-corrected chi connectivity index (χ4v) is 2.55. The summed E-state index contributed by atoms with van der Waals surface area (Å²) in [6.45, 7) is 2.94. The van der Waals surface area contributed by atoms with E-state index in [1.807, 2.05) is 61.5 Å². The number of hydrogen-bond donors (Lipinski definition) is 1. The maximum atomic E-state index is 11.7. The molecule has 1 atom stereocenters. The normalized spacial score (nSPS) is 11.4. The molecule has 0 fully saturated rings. The molecule has 28 heavy (non-hydrogen) atoms. The van der Waals surface area contributed by atoms with Crippen molar-refractivity contribution >= 4 is 12.1 Å². The van der Waals surface area contributed by atoms with Gasteiger partial charge in [-0.05, 0) is 36.1 Å². The SMILES string of the molecule is CCC(COc1ccc(CCNC(=O)OCc2ccccc2)cc1)C(=O)OC. The van der Waals surface area contributed by atoms with Gasteiger partial charge in [-0.1, -0.05) is 49.4 Å². The Bertz CT molecular complexity index is 730. The quantitative estimate of drug-likeness (QED) is 0.631. The predicted octanol–water partition coefficient (Wildman–Crippen LogP) is 3.73. The zero-order chi connectivity index (χ0) is 20.2. The summed E-state index contributed by atoms with van der Waals surface area (Å²) < 4.78 is 15.6. The van der Waals surface area contributed by atoms with Gasteiger partial charge in [0.1, 0.15) is 19.0 Å². The van der Waals surface area contributed by atoms with Crippen molar-refractivity contribution in [1.82, 2.24) is 5.32 Å². The molecule has 1 amide bonds. The number of carbonyl (C=O) groups excluding carboxylic acids is 2. The first-order valence-electron chi connectivity index (χ1n) is 9.36. The minimum Gasteiger partial charge on any atom is -0.493 e. The van der Waals surface area contributed by atoms with Crippen LogP contribution in [0.25, 0.3) is 0 Å². The van der Waals surface area contributed by atoms with E-state index < -0.39 is 6.09 Å². The van der Waals surface area contributed by atoms with Crippen LogP contribution in [-0.2, 0) is 27.3 Å². The zero-order valence-electron chi connectivity index (χ0n) is 16.4. The second kappa shape index (κ2) is 11.6. The predicted molar refractivity (Wildman–Crippen MR) is 106 cm³/mol. The van der Waals surface area contributed by atoms with Gasteiger partial charge in [0.2, 0.25) is 0 Å². The van der Waals surface area contributed by atoms with Crippen LogP contribution in [0, 0.1) is 5.92 Å². The van der Waals surface area contributed by atoms with E-state index in [1.165, 1.54) is 7.11 Å². The highest BCUT2D eigenvalue weighted by atomic mass is 16.5. The number of alkyl carbamates (subject to hydrolysis) is 1. The lowest BCUT2D eigenvalue weighted by Gasteiger charge is -2.14. The van der Waals surface area contributed by atoms with Crippen LogP contribution < -0.4 is 10.1 Å². The Morgan fingerprint density at radius 3 is 2.36 bits per heavy atom. The lowest BCUT2D eigenvalue weighted by molar-refractivity contribution is -0.146. The molecule has 2 aromatic carbocycles. The van der Waals surface area contributed by atoms with E-state index in [1.54, 1.807) is 0 Å². The zero-order valence-corrected chi connectivity index (χ0v) is 16.4. The molecule has 0 spiro atoms. The summed E-state index contributed by atoms with van der Waals surface area (Å²) in [7, 11) is 1.38. The number of nitrogens with one attached hydrogen (secondary N) is 1. The minimum absolute atomic E-state index is 0.253. The molecule has 150 valence electrons. The minimum atomic E-state index is -0.433. The third kappa shape index (κ3) is 7.31. The van der Waals surface area contributed by atoms with Crippen molar-refractivity contribution in [3.8, 4) is 5.75 Å². The van der Waals surface area contributed by atoms with E-state index in [4.69, 9.17) is 14.2 Å². The van der Waals surface area contributed by atoms with Crippen LogP contribution in [0.3, 0.4) is 0 Å². The first-order valence-corrected chi connectivity index (χ1v) is 9.36. The van der Waals surface area contributed by atoms with Crippen molar-refractivity contribution < 1.29 is 23.8 Å². The van der Waals surface area contributed by atoms with Crippen molar-refractivity contribution in [2.45, 2.75) is 26.4 Å². The number of hydrogen-bond acceptors (Lipinski definition) is 5. The Balaban J connectivity index is 1.68. The highest BCUT2D eigenvalue weighted by molar-refractivity contribution is 5.72. The molecule has 0 saturated heterocycles. The Labute approximate surface area is 165 Å². The third-order valence-corrected chi connectivity index (χ3v) is 4.30. The molecule has 0 bridgehead atoms. The van der Waals surface area contributed by atoms with Gasteiger partial charge in [-0.3, -0.25) is 4.79 Å². The molecule has 2 rings (SSSR count). The molecule has 0 aliphatic carbocycles. The van der Waals surface area contributed by atoms with Crippen LogP contribution in [0.1, 0.15) is 24.5 Å². The molecule has 1 N–H and O–H groups in total. The molecule has 0 radical (unpaired) electrons. The average Bonchev–Trinajstić information content (AvgIpc) is 2.74. The summed E-state index contributed by atoms with van der Waals surface area (Å²) in [4.78, 5) is 23.3. The third-order valence-electron chi connectivity index (χ3n) is 4.30. The van der Waals surface area contributed by atoms with Crippen LogP contribution in [0.5, 0.6) is 5.75 Å². The largest absolute Gasteiger partial charge is 0.493 e. The molecule has 2 aromatic rings. The molecule has 1 unspecified atom stereocenters. The van der Waals surface area contributed by atoms with Gasteiger partial charge >= 0.3 is 12.1 Å². The van der Waals surface area contributed by atoms with Crippen molar-refractivity contribution in [2.24, 2.45) is 5.92 Å². The molecule has 0 aromatic heterocycles. The first-order chi connectivity index (χ1) is 13.6. The van der Waals surface area contributed by atoms with Gasteiger partial charge in [-0.15, -0.1) is 0 Å². The summed E-state index contributed by atoms with van der Waals surface area (Å²) in [5.74, 6) is 0.168. The van der Waals surface area contributed by atoms with Crippen molar-refractivity contribution in [2.75, 3.05) is 20.3 Å². The van der Waals surface area contributed by atoms with E-state index in [9.17, 15) is 9.59 Å². The molecule has 6 nitrogen and oxygen atoms in total. The Morgan fingerprint density at radius 2 is 1.71 bits per heavy atom. The number of carbonyl (C=O) groups is 2. The van der Waals surface area contributed by atoms with Crippen molar-refractivity contribution in [3.63, 3.8) is 0 Å². The number of rotatable bonds is 10. The van der Waals surface area contributed by atoms with E-state index in [2.05, 4.69) is 5.32 Å². The fourth-order valence-electron chi connectivity index (χ4n) is 2.55. The molecule has 0 heterocycles. The van der Waals surface area contributed by atoms with E-state index >= 15 is 0 Å². The maximum absolute atomic E-state index is 11.7. The van der Waals surface area contributed by atoms with Crippen LogP contribution >= 0.6 is 0 Å². The summed E-state index contributed by atoms with van der Waals surface area (Å²) >= 11 is 0. The second-order valence-electron chi connectivity index (χ2n) is 6.32. The Hall–Kier alpha value is -3.02. The molecule has 6 heteroatoms. The molecular formula is C22H27NO5. The van der Waals surface area contributed by atoms with Gasteiger partial charge in [0, 0.05) is 6.54 Å². The van der Waals surface area contributed by atoms with Gasteiger partial charge in [0.15, 0.2) is 0 Å². The van der Waals surface area contributed by atoms with E-state index in [0.717, 1.165) is 11.1 Å². The van der Waals surface area contributed by atoms with Gasteiger partial charge in [0.05, 0.1) is 13.0 Å². The van der Waals surface area contributed by atoms with Crippen LogP contribution in [0.4, 0.5) is 4.79 Å². The van der Waals surface area contributed by atoms with Gasteiger partial charge in [-0.25, -0.2) is 4.79 Å². The van der Waals surface area contributed by atoms with Crippen molar-refractivity contribution in [1.29, 1.82) is 0 Å². The average molecular weight is 385 g/mol. The summed E-state index contributed by atoms with van der Waals surface area (Å²) in [5, 5.41) is 2.74. The summed E-state index contributed by atoms with van der Waals surface area (Å²) in [6, 6.07) is 17.1. The van der Waals surface area contributed by atoms with Gasteiger partial charge in [0.25, 0.3) is 0 Å². The number of amides is 1. The Kier molecular flexibility index (Phi) is 8.85. The molecule has 0 aliphatic rings. The smallest absolute Gasteiger partial charge is 0.407 e. The highest BCUT2D eigenvalue weighted by Gasteiger charge is 2.17. The number of esters is 1. The summed E-state index contributed by atoms with van der Waals surface area (Å²) in [6.07, 6.45) is 0.911. The van der Waals surface area contributed by atoms with Gasteiger partial charge in [-0.2, -0.15) is 0 Å². The Morgan fingerprint density at radius 1 is 1.00 bits per heavy atom. The molecular weight excluding hydrogens is 358 g/mol.